The number of nitrogens with zero attached hydrogens (tertiary/aromatic N) is 3. The number of rotatable bonds is 4. The second-order valence-electron chi connectivity index (χ2n) is 7.79. The number of alkyl halides is 3. The first kappa shape index (κ1) is 18.9. The summed E-state index contributed by atoms with van der Waals surface area (Å²) in [5.41, 5.74) is 10.4. The summed E-state index contributed by atoms with van der Waals surface area (Å²) >= 11 is 0. The molecule has 150 valence electrons. The summed E-state index contributed by atoms with van der Waals surface area (Å²) < 4.78 is 42.0. The van der Waals surface area contributed by atoms with Crippen LogP contribution in [0.1, 0.15) is 24.0 Å². The molecule has 1 saturated carbocycles. The lowest BCUT2D eigenvalue weighted by Crippen LogP contribution is -2.46. The fraction of sp³-hybridized carbons (Fsp3) is 0.474. The number of halogens is 3. The van der Waals surface area contributed by atoms with Crippen molar-refractivity contribution in [1.82, 2.24) is 14.5 Å². The minimum Gasteiger partial charge on any atom is -0.383 e. The number of nitrogen functional groups attached to an aromatic ring is 1. The summed E-state index contributed by atoms with van der Waals surface area (Å²) in [5, 5.41) is 0. The number of hydrogen-bond donors (Lipinski definition) is 2. The monoisotopic (exact) mass is 393 g/mol. The zero-order valence-electron chi connectivity index (χ0n) is 15.2. The molecule has 2 atom stereocenters. The summed E-state index contributed by atoms with van der Waals surface area (Å²) in [7, 11) is 0. The van der Waals surface area contributed by atoms with E-state index in [1.807, 2.05) is 0 Å². The molecule has 4 rings (SSSR count). The highest BCUT2D eigenvalue weighted by molar-refractivity contribution is 5.43. The number of piperidine rings is 1. The molecule has 9 heteroatoms. The lowest BCUT2D eigenvalue weighted by atomic mass is 10.0. The molecule has 0 bridgehead atoms. The van der Waals surface area contributed by atoms with Gasteiger partial charge >= 0.3 is 11.9 Å². The predicted molar refractivity (Wildman–Crippen MR) is 99.0 cm³/mol. The minimum atomic E-state index is -4.52. The van der Waals surface area contributed by atoms with Crippen LogP contribution in [0.5, 0.6) is 0 Å². The van der Waals surface area contributed by atoms with E-state index in [9.17, 15) is 18.0 Å². The van der Waals surface area contributed by atoms with Crippen molar-refractivity contribution in [1.29, 1.82) is 0 Å². The molecule has 0 spiro atoms. The Morgan fingerprint density at radius 1 is 1.29 bits per heavy atom. The number of anilines is 1. The molecule has 1 aliphatic heterocycles. The van der Waals surface area contributed by atoms with Gasteiger partial charge in [-0.15, -0.1) is 0 Å². The van der Waals surface area contributed by atoms with Gasteiger partial charge < -0.3 is 16.4 Å². The molecule has 1 aromatic heterocycles. The molecule has 0 radical (unpaired) electrons. The first-order valence-corrected chi connectivity index (χ1v) is 9.23. The third kappa shape index (κ3) is 3.64. The Balaban J connectivity index is 1.58. The summed E-state index contributed by atoms with van der Waals surface area (Å²) in [4.78, 5) is 17.7. The van der Waals surface area contributed by atoms with E-state index in [2.05, 4.69) is 9.88 Å². The van der Waals surface area contributed by atoms with Gasteiger partial charge in [0.05, 0.1) is 11.3 Å². The average Bonchev–Trinajstić information content (AvgIpc) is 3.30. The van der Waals surface area contributed by atoms with Gasteiger partial charge in [-0.1, -0.05) is 6.07 Å². The van der Waals surface area contributed by atoms with E-state index in [0.29, 0.717) is 12.5 Å². The van der Waals surface area contributed by atoms with Crippen LogP contribution in [0.4, 0.5) is 19.0 Å². The van der Waals surface area contributed by atoms with E-state index in [1.165, 1.54) is 24.4 Å². The maximum atomic E-state index is 13.6. The van der Waals surface area contributed by atoms with Gasteiger partial charge in [0.25, 0.3) is 0 Å². The number of fused-ring (bicyclic) bond motifs is 1. The van der Waals surface area contributed by atoms with Crippen LogP contribution in [0.2, 0.25) is 0 Å². The standard InChI is InChI=1S/C19H22F3N5O/c20-19(21,22)15-9-14(27-8-5-16(23)25-17(27)28)2-1-12(15)3-6-26-7-4-13-10-18(13,24)11-26/h1-2,5,8-9,13H,3-4,6-7,10-11,24H2,(H2,23,25,28). The van der Waals surface area contributed by atoms with Crippen molar-refractivity contribution in [2.24, 2.45) is 11.7 Å². The molecule has 2 unspecified atom stereocenters. The minimum absolute atomic E-state index is 0.0195. The summed E-state index contributed by atoms with van der Waals surface area (Å²) in [6.07, 6.45) is -0.912. The zero-order chi connectivity index (χ0) is 20.1. The Bertz CT molecular complexity index is 957. The van der Waals surface area contributed by atoms with Crippen molar-refractivity contribution in [2.45, 2.75) is 31.0 Å². The Morgan fingerprint density at radius 2 is 2.07 bits per heavy atom. The molecular formula is C19H22F3N5O. The van der Waals surface area contributed by atoms with Crippen LogP contribution >= 0.6 is 0 Å². The molecule has 1 saturated heterocycles. The Labute approximate surface area is 160 Å². The van der Waals surface area contributed by atoms with Crippen LogP contribution < -0.4 is 17.2 Å². The molecule has 2 aliphatic rings. The molecule has 1 aliphatic carbocycles. The van der Waals surface area contributed by atoms with Gasteiger partial charge in [-0.25, -0.2) is 4.79 Å². The average molecular weight is 393 g/mol. The number of likely N-dealkylation sites (tertiary alicyclic amines) is 1. The van der Waals surface area contributed by atoms with E-state index in [1.54, 1.807) is 0 Å². The van der Waals surface area contributed by atoms with E-state index in [4.69, 9.17) is 11.5 Å². The van der Waals surface area contributed by atoms with E-state index >= 15 is 0 Å². The second kappa shape index (κ2) is 6.59. The highest BCUT2D eigenvalue weighted by Gasteiger charge is 2.53. The molecule has 2 heterocycles. The van der Waals surface area contributed by atoms with Gasteiger partial charge in [0, 0.05) is 24.8 Å². The largest absolute Gasteiger partial charge is 0.416 e. The molecule has 28 heavy (non-hydrogen) atoms. The van der Waals surface area contributed by atoms with Crippen molar-refractivity contribution in [2.75, 3.05) is 25.4 Å². The molecular weight excluding hydrogens is 371 g/mol. The van der Waals surface area contributed by atoms with Gasteiger partial charge in [-0.05, 0) is 55.5 Å². The SMILES string of the molecule is Nc1ccn(-c2ccc(CCN3CCC4CC4(N)C3)c(C(F)(F)F)c2)c(=O)n1. The van der Waals surface area contributed by atoms with Crippen LogP contribution in [-0.4, -0.2) is 39.6 Å². The highest BCUT2D eigenvalue weighted by Crippen LogP contribution is 2.47. The normalized spacial score (nSPS) is 24.8. The van der Waals surface area contributed by atoms with Crippen LogP contribution in [-0.2, 0) is 12.6 Å². The maximum absolute atomic E-state index is 13.6. The van der Waals surface area contributed by atoms with E-state index < -0.39 is 17.4 Å². The van der Waals surface area contributed by atoms with Gasteiger partial charge in [0.2, 0.25) is 0 Å². The summed E-state index contributed by atoms with van der Waals surface area (Å²) in [5.74, 6) is 0.589. The maximum Gasteiger partial charge on any atom is 0.416 e. The predicted octanol–water partition coefficient (Wildman–Crippen LogP) is 1.80. The van der Waals surface area contributed by atoms with Crippen molar-refractivity contribution in [3.63, 3.8) is 0 Å². The quantitative estimate of drug-likeness (QED) is 0.827. The lowest BCUT2D eigenvalue weighted by Gasteiger charge is -2.30. The van der Waals surface area contributed by atoms with Gasteiger partial charge in [0.1, 0.15) is 5.82 Å². The summed E-state index contributed by atoms with van der Waals surface area (Å²) in [6, 6.07) is 5.29. The van der Waals surface area contributed by atoms with Crippen molar-refractivity contribution in [3.05, 3.63) is 52.1 Å². The van der Waals surface area contributed by atoms with E-state index in [-0.39, 0.29) is 29.0 Å². The fourth-order valence-corrected chi connectivity index (χ4v) is 4.10. The third-order valence-corrected chi connectivity index (χ3v) is 5.79. The van der Waals surface area contributed by atoms with Crippen LogP contribution in [0.3, 0.4) is 0 Å². The highest BCUT2D eigenvalue weighted by atomic mass is 19.4. The summed E-state index contributed by atoms with van der Waals surface area (Å²) in [6.45, 7) is 2.14. The molecule has 1 aromatic carbocycles. The molecule has 4 N–H and O–H groups in total. The number of benzene rings is 1. The third-order valence-electron chi connectivity index (χ3n) is 5.79. The molecule has 6 nitrogen and oxygen atoms in total. The van der Waals surface area contributed by atoms with Crippen LogP contribution in [0, 0.1) is 5.92 Å². The zero-order valence-corrected chi connectivity index (χ0v) is 15.2. The second-order valence-corrected chi connectivity index (χ2v) is 7.79. The number of nitrogens with two attached hydrogens (primary N) is 2. The van der Waals surface area contributed by atoms with Crippen molar-refractivity contribution in [3.8, 4) is 5.69 Å². The Hall–Kier alpha value is -2.39. The first-order valence-electron chi connectivity index (χ1n) is 9.23. The number of aromatic nitrogens is 2. The van der Waals surface area contributed by atoms with Crippen molar-refractivity contribution >= 4 is 5.82 Å². The molecule has 0 amide bonds. The first-order chi connectivity index (χ1) is 13.2. The van der Waals surface area contributed by atoms with Gasteiger partial charge in [-0.2, -0.15) is 18.2 Å². The van der Waals surface area contributed by atoms with Gasteiger partial charge in [0.15, 0.2) is 0 Å². The van der Waals surface area contributed by atoms with E-state index in [0.717, 1.165) is 36.6 Å². The Morgan fingerprint density at radius 3 is 2.75 bits per heavy atom. The smallest absolute Gasteiger partial charge is 0.383 e. The topological polar surface area (TPSA) is 90.2 Å². The lowest BCUT2D eigenvalue weighted by molar-refractivity contribution is -0.138. The van der Waals surface area contributed by atoms with Crippen LogP contribution in [0.15, 0.2) is 35.3 Å². The fourth-order valence-electron chi connectivity index (χ4n) is 4.10. The van der Waals surface area contributed by atoms with Crippen molar-refractivity contribution < 1.29 is 13.2 Å². The Kier molecular flexibility index (Phi) is 4.46. The number of hydrogen-bond acceptors (Lipinski definition) is 5. The molecule has 2 fully saturated rings. The van der Waals surface area contributed by atoms with Gasteiger partial charge in [-0.3, -0.25) is 4.57 Å². The molecule has 2 aromatic rings. The van der Waals surface area contributed by atoms with Crippen LogP contribution in [0.25, 0.3) is 5.69 Å².